The molecule has 0 spiro atoms. The number of ether oxygens (including phenoxy) is 1. The van der Waals surface area contributed by atoms with Crippen molar-refractivity contribution in [1.29, 1.82) is 5.41 Å². The first-order chi connectivity index (χ1) is 11.7. The van der Waals surface area contributed by atoms with Crippen LogP contribution in [0.25, 0.3) is 0 Å². The van der Waals surface area contributed by atoms with Crippen LogP contribution in [0.5, 0.6) is 0 Å². The summed E-state index contributed by atoms with van der Waals surface area (Å²) in [6.45, 7) is 7.33. The first kappa shape index (κ1) is 18.9. The van der Waals surface area contributed by atoms with Gasteiger partial charge in [-0.2, -0.15) is 0 Å². The second-order valence-electron chi connectivity index (χ2n) is 6.88. The molecule has 1 unspecified atom stereocenters. The van der Waals surface area contributed by atoms with Crippen LogP contribution in [0.15, 0.2) is 35.2 Å². The quantitative estimate of drug-likeness (QED) is 0.470. The SMILES string of the molecule is C/C(C=N)=C(\OC1Cc2cc(C)cc(F)c2C1)C(=O)/C(N)=C\C(C)C. The first-order valence-electron chi connectivity index (χ1n) is 8.40. The molecule has 5 heteroatoms. The highest BCUT2D eigenvalue weighted by molar-refractivity contribution is 6.09. The number of aryl methyl sites for hydroxylation is 1. The van der Waals surface area contributed by atoms with Gasteiger partial charge in [0.1, 0.15) is 11.9 Å². The van der Waals surface area contributed by atoms with Crippen LogP contribution in [-0.2, 0) is 22.4 Å². The summed E-state index contributed by atoms with van der Waals surface area (Å²) >= 11 is 0. The third-order valence-corrected chi connectivity index (χ3v) is 4.15. The Morgan fingerprint density at radius 2 is 2.08 bits per heavy atom. The van der Waals surface area contributed by atoms with Gasteiger partial charge in [0.2, 0.25) is 5.78 Å². The number of carbonyl (C=O) groups is 1. The fourth-order valence-electron chi connectivity index (χ4n) is 3.01. The summed E-state index contributed by atoms with van der Waals surface area (Å²) in [5, 5.41) is 7.44. The summed E-state index contributed by atoms with van der Waals surface area (Å²) in [7, 11) is 0. The molecule has 0 fully saturated rings. The number of Topliss-reactive ketones (excluding diaryl/α,β-unsaturated/α-hetero) is 1. The Kier molecular flexibility index (Phi) is 5.77. The normalized spacial score (nSPS) is 18.0. The highest BCUT2D eigenvalue weighted by Gasteiger charge is 2.29. The number of hydrogen-bond donors (Lipinski definition) is 2. The number of fused-ring (bicyclic) bond motifs is 1. The Labute approximate surface area is 148 Å². The molecule has 0 aliphatic heterocycles. The molecule has 1 atom stereocenters. The second kappa shape index (κ2) is 7.64. The topological polar surface area (TPSA) is 76.2 Å². The van der Waals surface area contributed by atoms with Crippen molar-refractivity contribution < 1.29 is 13.9 Å². The third kappa shape index (κ3) is 4.35. The minimum absolute atomic E-state index is 0.0688. The zero-order valence-corrected chi connectivity index (χ0v) is 15.2. The predicted molar refractivity (Wildman–Crippen MR) is 97.0 cm³/mol. The smallest absolute Gasteiger partial charge is 0.243 e. The third-order valence-electron chi connectivity index (χ3n) is 4.15. The summed E-state index contributed by atoms with van der Waals surface area (Å²) in [5.41, 5.74) is 8.79. The van der Waals surface area contributed by atoms with Gasteiger partial charge in [-0.05, 0) is 42.5 Å². The highest BCUT2D eigenvalue weighted by atomic mass is 19.1. The molecular formula is C20H25FN2O2. The van der Waals surface area contributed by atoms with E-state index in [0.29, 0.717) is 24.0 Å². The van der Waals surface area contributed by atoms with Gasteiger partial charge in [-0.1, -0.05) is 26.0 Å². The molecule has 1 aromatic rings. The molecule has 2 rings (SSSR count). The number of rotatable bonds is 6. The Morgan fingerprint density at radius 3 is 2.68 bits per heavy atom. The lowest BCUT2D eigenvalue weighted by Gasteiger charge is -2.17. The lowest BCUT2D eigenvalue weighted by molar-refractivity contribution is -0.116. The monoisotopic (exact) mass is 344 g/mol. The Morgan fingerprint density at radius 1 is 1.40 bits per heavy atom. The van der Waals surface area contributed by atoms with Crippen LogP contribution in [0.4, 0.5) is 4.39 Å². The average Bonchev–Trinajstić information content (AvgIpc) is 2.93. The summed E-state index contributed by atoms with van der Waals surface area (Å²) in [6, 6.07) is 3.46. The van der Waals surface area contributed by atoms with Gasteiger partial charge in [0.05, 0.1) is 5.70 Å². The standard InChI is InChI=1S/C20H25FN2O2/c1-11(2)5-18(23)19(24)20(13(4)10-22)25-15-8-14-6-12(3)7-17(21)16(14)9-15/h5-7,10-11,15,22H,8-9,23H2,1-4H3/b18-5+,20-13+,22-10?. The van der Waals surface area contributed by atoms with E-state index < -0.39 is 5.78 Å². The summed E-state index contributed by atoms with van der Waals surface area (Å²) in [5.74, 6) is -0.471. The number of benzene rings is 1. The fourth-order valence-corrected chi connectivity index (χ4v) is 3.01. The van der Waals surface area contributed by atoms with E-state index in [0.717, 1.165) is 17.3 Å². The van der Waals surface area contributed by atoms with Crippen LogP contribution in [0.2, 0.25) is 0 Å². The van der Waals surface area contributed by atoms with Crippen molar-refractivity contribution in [2.45, 2.75) is 46.6 Å². The number of allylic oxidation sites excluding steroid dienone is 2. The molecule has 3 N–H and O–H groups in total. The molecule has 25 heavy (non-hydrogen) atoms. The van der Waals surface area contributed by atoms with Gasteiger partial charge in [-0.25, -0.2) is 4.39 Å². The number of carbonyl (C=O) groups excluding carboxylic acids is 1. The predicted octanol–water partition coefficient (Wildman–Crippen LogP) is 3.61. The molecule has 0 amide bonds. The van der Waals surface area contributed by atoms with Gasteiger partial charge < -0.3 is 15.9 Å². The van der Waals surface area contributed by atoms with E-state index >= 15 is 0 Å². The van der Waals surface area contributed by atoms with Crippen molar-refractivity contribution in [3.8, 4) is 0 Å². The summed E-state index contributed by atoms with van der Waals surface area (Å²) < 4.78 is 20.0. The van der Waals surface area contributed by atoms with Gasteiger partial charge in [0, 0.05) is 24.6 Å². The van der Waals surface area contributed by atoms with Crippen LogP contribution in [0.3, 0.4) is 0 Å². The van der Waals surface area contributed by atoms with Crippen molar-refractivity contribution in [3.05, 3.63) is 57.7 Å². The molecular weight excluding hydrogens is 319 g/mol. The maximum absolute atomic E-state index is 14.1. The zero-order valence-electron chi connectivity index (χ0n) is 15.2. The van der Waals surface area contributed by atoms with E-state index in [1.807, 2.05) is 26.8 Å². The van der Waals surface area contributed by atoms with E-state index in [1.54, 1.807) is 13.0 Å². The number of ketones is 1. The second-order valence-corrected chi connectivity index (χ2v) is 6.88. The number of nitrogens with two attached hydrogens (primary N) is 1. The number of hydrogen-bond acceptors (Lipinski definition) is 4. The minimum Gasteiger partial charge on any atom is -0.485 e. The fraction of sp³-hybridized carbons (Fsp3) is 0.400. The maximum Gasteiger partial charge on any atom is 0.243 e. The lowest BCUT2D eigenvalue weighted by atomic mass is 10.1. The molecule has 0 saturated heterocycles. The van der Waals surface area contributed by atoms with Crippen molar-refractivity contribution in [2.24, 2.45) is 11.7 Å². The van der Waals surface area contributed by atoms with Gasteiger partial charge in [0.25, 0.3) is 0 Å². The van der Waals surface area contributed by atoms with E-state index in [-0.39, 0.29) is 29.3 Å². The molecule has 0 radical (unpaired) electrons. The van der Waals surface area contributed by atoms with E-state index in [2.05, 4.69) is 0 Å². The summed E-state index contributed by atoms with van der Waals surface area (Å²) in [6.07, 6.45) is 3.33. The largest absolute Gasteiger partial charge is 0.485 e. The number of halogens is 1. The maximum atomic E-state index is 14.1. The van der Waals surface area contributed by atoms with Crippen molar-refractivity contribution in [2.75, 3.05) is 0 Å². The van der Waals surface area contributed by atoms with Crippen molar-refractivity contribution in [3.63, 3.8) is 0 Å². The average molecular weight is 344 g/mol. The van der Waals surface area contributed by atoms with Crippen LogP contribution in [0.1, 0.15) is 37.5 Å². The summed E-state index contributed by atoms with van der Waals surface area (Å²) in [4.78, 5) is 12.6. The zero-order chi connectivity index (χ0) is 18.7. The number of nitrogens with one attached hydrogen (secondary N) is 1. The molecule has 0 bridgehead atoms. The van der Waals surface area contributed by atoms with Gasteiger partial charge in [-0.3, -0.25) is 4.79 Å². The van der Waals surface area contributed by atoms with E-state index in [4.69, 9.17) is 15.9 Å². The van der Waals surface area contributed by atoms with E-state index in [1.165, 1.54) is 6.07 Å². The van der Waals surface area contributed by atoms with Crippen LogP contribution in [-0.4, -0.2) is 18.1 Å². The first-order valence-corrected chi connectivity index (χ1v) is 8.40. The lowest BCUT2D eigenvalue weighted by Crippen LogP contribution is -2.23. The van der Waals surface area contributed by atoms with Crippen molar-refractivity contribution in [1.82, 2.24) is 0 Å². The molecule has 0 aromatic heterocycles. The molecule has 4 nitrogen and oxygen atoms in total. The molecule has 134 valence electrons. The Balaban J connectivity index is 2.25. The molecule has 1 aromatic carbocycles. The Bertz CT molecular complexity index is 763. The molecule has 1 aliphatic carbocycles. The van der Waals surface area contributed by atoms with Crippen LogP contribution >= 0.6 is 0 Å². The van der Waals surface area contributed by atoms with Crippen molar-refractivity contribution >= 4 is 12.0 Å². The van der Waals surface area contributed by atoms with Crippen LogP contribution in [0, 0.1) is 24.1 Å². The van der Waals surface area contributed by atoms with Crippen LogP contribution < -0.4 is 5.73 Å². The van der Waals surface area contributed by atoms with E-state index in [9.17, 15) is 9.18 Å². The highest BCUT2D eigenvalue weighted by Crippen LogP contribution is 2.29. The minimum atomic E-state index is -0.428. The molecule has 1 aliphatic rings. The molecule has 0 saturated carbocycles. The van der Waals surface area contributed by atoms with Gasteiger partial charge in [-0.15, -0.1) is 0 Å². The van der Waals surface area contributed by atoms with Gasteiger partial charge in [0.15, 0.2) is 5.76 Å². The Hall–Kier alpha value is -2.43. The van der Waals surface area contributed by atoms with Gasteiger partial charge >= 0.3 is 0 Å². The molecule has 0 heterocycles.